The molecule has 0 bridgehead atoms. The summed E-state index contributed by atoms with van der Waals surface area (Å²) in [4.78, 5) is 34.6. The van der Waals surface area contributed by atoms with Crippen molar-refractivity contribution in [2.75, 3.05) is 26.2 Å². The average Bonchev–Trinajstić information content (AvgIpc) is 3.30. The molecule has 0 radical (unpaired) electrons. The molecular weight excluding hydrogens is 452 g/mol. The zero-order valence-corrected chi connectivity index (χ0v) is 21.6. The Hall–Kier alpha value is -3.32. The Morgan fingerprint density at radius 1 is 1.17 bits per heavy atom. The fraction of sp³-hybridized carbons (Fsp3) is 0.448. The predicted octanol–water partition coefficient (Wildman–Crippen LogP) is 4.87. The van der Waals surface area contributed by atoms with E-state index in [9.17, 15) is 9.59 Å². The van der Waals surface area contributed by atoms with E-state index in [0.29, 0.717) is 25.5 Å². The summed E-state index contributed by atoms with van der Waals surface area (Å²) in [6, 6.07) is 15.5. The van der Waals surface area contributed by atoms with Crippen LogP contribution in [0.5, 0.6) is 5.75 Å². The van der Waals surface area contributed by atoms with E-state index in [1.54, 1.807) is 0 Å². The first-order valence-electron chi connectivity index (χ1n) is 13.0. The summed E-state index contributed by atoms with van der Waals surface area (Å²) in [5, 5.41) is 4.46. The number of aromatic nitrogens is 1. The molecule has 1 aromatic heterocycles. The number of benzene rings is 2. The lowest BCUT2D eigenvalue weighted by Crippen LogP contribution is -2.53. The number of imide groups is 1. The molecule has 5 rings (SSSR count). The highest BCUT2D eigenvalue weighted by molar-refractivity contribution is 6.08. The number of carbonyl (C=O) groups is 2. The van der Waals surface area contributed by atoms with Gasteiger partial charge >= 0.3 is 6.03 Å². The van der Waals surface area contributed by atoms with Crippen molar-refractivity contribution in [3.8, 4) is 5.75 Å². The van der Waals surface area contributed by atoms with E-state index in [2.05, 4.69) is 30.2 Å². The summed E-state index contributed by atoms with van der Waals surface area (Å²) in [6.45, 7) is 10.9. The van der Waals surface area contributed by atoms with Gasteiger partial charge in [-0.15, -0.1) is 0 Å². The number of urea groups is 1. The Labute approximate surface area is 212 Å². The van der Waals surface area contributed by atoms with Crippen molar-refractivity contribution in [1.29, 1.82) is 0 Å². The van der Waals surface area contributed by atoms with Gasteiger partial charge in [-0.05, 0) is 68.6 Å². The number of rotatable bonds is 9. The number of hydrogen-bond donors (Lipinski definition) is 2. The van der Waals surface area contributed by atoms with Crippen molar-refractivity contribution >= 4 is 22.8 Å². The summed E-state index contributed by atoms with van der Waals surface area (Å²) in [6.07, 6.45) is 1.20. The van der Waals surface area contributed by atoms with Gasteiger partial charge in [0.15, 0.2) is 0 Å². The number of amides is 3. The SMILES string of the molecule is CCOc1ccc2[nH]c3c(c2c1)C[C@@]1(C)C(=O)N(CCCNCC(C)C)C(=O)N1[C@@H]3c1ccccc1. The first-order valence-corrected chi connectivity index (χ1v) is 13.0. The predicted molar refractivity (Wildman–Crippen MR) is 141 cm³/mol. The maximum atomic E-state index is 13.9. The lowest BCUT2D eigenvalue weighted by Gasteiger charge is -2.42. The number of carbonyl (C=O) groups excluding carboxylic acids is 2. The molecule has 0 unspecified atom stereocenters. The minimum atomic E-state index is -0.952. The van der Waals surface area contributed by atoms with Crippen LogP contribution >= 0.6 is 0 Å². The lowest BCUT2D eigenvalue weighted by molar-refractivity contribution is -0.133. The molecule has 0 spiro atoms. The number of ether oxygens (including phenoxy) is 1. The first-order chi connectivity index (χ1) is 17.3. The monoisotopic (exact) mass is 488 g/mol. The van der Waals surface area contributed by atoms with E-state index < -0.39 is 5.54 Å². The number of nitrogens with zero attached hydrogens (tertiary/aromatic N) is 2. The van der Waals surface area contributed by atoms with Crippen molar-refractivity contribution in [1.82, 2.24) is 20.1 Å². The summed E-state index contributed by atoms with van der Waals surface area (Å²) in [5.41, 5.74) is 3.09. The summed E-state index contributed by atoms with van der Waals surface area (Å²) in [7, 11) is 0. The summed E-state index contributed by atoms with van der Waals surface area (Å²) >= 11 is 0. The quantitative estimate of drug-likeness (QED) is 0.333. The van der Waals surface area contributed by atoms with E-state index in [0.717, 1.165) is 53.0 Å². The van der Waals surface area contributed by atoms with Gasteiger partial charge in [0.2, 0.25) is 0 Å². The number of hydrogen-bond acceptors (Lipinski definition) is 4. The lowest BCUT2D eigenvalue weighted by atomic mass is 9.81. The molecule has 2 aliphatic heterocycles. The Morgan fingerprint density at radius 3 is 2.67 bits per heavy atom. The van der Waals surface area contributed by atoms with Crippen LogP contribution in [0.25, 0.3) is 10.9 Å². The van der Waals surface area contributed by atoms with E-state index >= 15 is 0 Å². The molecule has 3 heterocycles. The molecule has 7 nitrogen and oxygen atoms in total. The van der Waals surface area contributed by atoms with Crippen molar-refractivity contribution < 1.29 is 14.3 Å². The maximum absolute atomic E-state index is 13.9. The zero-order chi connectivity index (χ0) is 25.4. The van der Waals surface area contributed by atoms with E-state index in [1.165, 1.54) is 4.90 Å². The molecule has 2 aromatic carbocycles. The summed E-state index contributed by atoms with van der Waals surface area (Å²) < 4.78 is 5.77. The second-order valence-corrected chi connectivity index (χ2v) is 10.5. The van der Waals surface area contributed by atoms with Crippen molar-refractivity contribution in [2.24, 2.45) is 5.92 Å². The topological polar surface area (TPSA) is 77.7 Å². The van der Waals surface area contributed by atoms with E-state index in [-0.39, 0.29) is 18.0 Å². The molecule has 190 valence electrons. The molecular formula is C29H36N4O3. The smallest absolute Gasteiger partial charge is 0.328 e. The maximum Gasteiger partial charge on any atom is 0.328 e. The molecule has 2 atom stereocenters. The highest BCUT2D eigenvalue weighted by Crippen LogP contribution is 2.49. The third kappa shape index (κ3) is 4.05. The second kappa shape index (κ2) is 9.62. The minimum absolute atomic E-state index is 0.113. The minimum Gasteiger partial charge on any atom is -0.494 e. The molecule has 1 saturated heterocycles. The Kier molecular flexibility index (Phi) is 6.51. The summed E-state index contributed by atoms with van der Waals surface area (Å²) in [5.74, 6) is 1.25. The highest BCUT2D eigenvalue weighted by Gasteiger charge is 2.59. The van der Waals surface area contributed by atoms with Crippen LogP contribution in [0.3, 0.4) is 0 Å². The van der Waals surface area contributed by atoms with Crippen LogP contribution in [-0.2, 0) is 11.2 Å². The van der Waals surface area contributed by atoms with Crippen LogP contribution in [0.4, 0.5) is 4.79 Å². The van der Waals surface area contributed by atoms with E-state index in [4.69, 9.17) is 4.74 Å². The molecule has 0 saturated carbocycles. The number of aromatic amines is 1. The third-order valence-corrected chi connectivity index (χ3v) is 7.35. The van der Waals surface area contributed by atoms with Crippen molar-refractivity contribution in [3.63, 3.8) is 0 Å². The molecule has 3 amide bonds. The van der Waals surface area contributed by atoms with Crippen LogP contribution in [0.1, 0.15) is 57.0 Å². The van der Waals surface area contributed by atoms with Crippen LogP contribution in [-0.4, -0.2) is 58.5 Å². The fourth-order valence-corrected chi connectivity index (χ4v) is 5.68. The highest BCUT2D eigenvalue weighted by atomic mass is 16.5. The molecule has 2 N–H and O–H groups in total. The molecule has 0 aliphatic carbocycles. The van der Waals surface area contributed by atoms with Crippen molar-refractivity contribution in [3.05, 3.63) is 65.4 Å². The molecule has 2 aliphatic rings. The molecule has 36 heavy (non-hydrogen) atoms. The third-order valence-electron chi connectivity index (χ3n) is 7.35. The molecule has 3 aromatic rings. The van der Waals surface area contributed by atoms with Gasteiger partial charge < -0.3 is 15.0 Å². The fourth-order valence-electron chi connectivity index (χ4n) is 5.68. The van der Waals surface area contributed by atoms with Gasteiger partial charge in [-0.2, -0.15) is 0 Å². The van der Waals surface area contributed by atoms with Crippen LogP contribution < -0.4 is 10.1 Å². The van der Waals surface area contributed by atoms with Gasteiger partial charge in [0.05, 0.1) is 6.61 Å². The number of nitrogens with one attached hydrogen (secondary N) is 2. The van der Waals surface area contributed by atoms with Gasteiger partial charge in [0.1, 0.15) is 17.3 Å². The van der Waals surface area contributed by atoms with E-state index in [1.807, 2.05) is 61.2 Å². The normalized spacial score (nSPS) is 21.4. The van der Waals surface area contributed by atoms with Gasteiger partial charge in [-0.1, -0.05) is 44.2 Å². The van der Waals surface area contributed by atoms with Crippen LogP contribution in [0, 0.1) is 5.92 Å². The van der Waals surface area contributed by atoms with Gasteiger partial charge in [0.25, 0.3) is 5.91 Å². The largest absolute Gasteiger partial charge is 0.494 e. The zero-order valence-electron chi connectivity index (χ0n) is 21.6. The van der Waals surface area contributed by atoms with Gasteiger partial charge in [0, 0.05) is 29.6 Å². The van der Waals surface area contributed by atoms with Crippen LogP contribution in [0.2, 0.25) is 0 Å². The molecule has 1 fully saturated rings. The van der Waals surface area contributed by atoms with Gasteiger partial charge in [-0.3, -0.25) is 14.6 Å². The first kappa shape index (κ1) is 24.4. The Morgan fingerprint density at radius 2 is 1.94 bits per heavy atom. The average molecular weight is 489 g/mol. The van der Waals surface area contributed by atoms with Crippen molar-refractivity contribution in [2.45, 2.75) is 52.1 Å². The number of H-pyrrole nitrogens is 1. The molecule has 7 heteroatoms. The van der Waals surface area contributed by atoms with Crippen LogP contribution in [0.15, 0.2) is 48.5 Å². The van der Waals surface area contributed by atoms with Gasteiger partial charge in [-0.25, -0.2) is 4.79 Å². The Balaban J connectivity index is 1.54. The standard InChI is InChI=1S/C29H36N4O3/c1-5-36-21-12-13-24-22(16-21)23-17-29(4)27(34)32(15-9-14-30-18-19(2)3)28(35)33(29)26(25(23)31-24)20-10-7-6-8-11-20/h6-8,10-13,16,19,26,30-31H,5,9,14-15,17-18H2,1-4H3/t26-,29+/m1/s1. The Bertz CT molecular complexity index is 1270. The number of fused-ring (bicyclic) bond motifs is 4. The second-order valence-electron chi connectivity index (χ2n) is 10.5.